The zero-order valence-electron chi connectivity index (χ0n) is 11.5. The minimum Gasteiger partial charge on any atom is -0.368 e. The standard InChI is InChI=1S/C18H10.3Y/c1-3-8-15(9-4-1)17-12-7-13-18(14-17)16-10-5-2-6-11-16;;;/h1-8,10,14H;;;/q-4;;;. The van der Waals surface area contributed by atoms with Gasteiger partial charge in [0, 0.05) is 98.1 Å². The smallest absolute Gasteiger partial charge is 0 e. The van der Waals surface area contributed by atoms with Crippen LogP contribution in [0, 0.1) is 24.3 Å². The predicted molar refractivity (Wildman–Crippen MR) is 72.7 cm³/mol. The quantitative estimate of drug-likeness (QED) is 0.470. The SMILES string of the molecule is [Y].[Y].[Y].[c-]1ccccc1-c1[c-]c[c-]c(-c2[c-]cccc2)c1. The zero-order chi connectivity index (χ0) is 12.2. The summed E-state index contributed by atoms with van der Waals surface area (Å²) in [5, 5.41) is 0. The molecular formula is C18H10Y3-4. The fourth-order valence-corrected chi connectivity index (χ4v) is 1.85. The molecule has 0 aliphatic heterocycles. The van der Waals surface area contributed by atoms with Crippen molar-refractivity contribution >= 4 is 0 Å². The van der Waals surface area contributed by atoms with Crippen molar-refractivity contribution in [3.63, 3.8) is 0 Å². The molecule has 0 unspecified atom stereocenters. The summed E-state index contributed by atoms with van der Waals surface area (Å²) >= 11 is 0. The Balaban J connectivity index is 0.00000133. The fraction of sp³-hybridized carbons (Fsp3) is 0. The van der Waals surface area contributed by atoms with Crippen LogP contribution < -0.4 is 0 Å². The van der Waals surface area contributed by atoms with Gasteiger partial charge in [-0.2, -0.15) is 17.7 Å². The Labute approximate surface area is 202 Å². The van der Waals surface area contributed by atoms with Gasteiger partial charge in [-0.15, -0.1) is 36.4 Å². The summed E-state index contributed by atoms with van der Waals surface area (Å²) in [7, 11) is 0. The number of hydrogen-bond donors (Lipinski definition) is 0. The summed E-state index contributed by atoms with van der Waals surface area (Å²) in [6.45, 7) is 0. The summed E-state index contributed by atoms with van der Waals surface area (Å²) in [4.78, 5) is 0. The molecule has 0 N–H and O–H groups in total. The van der Waals surface area contributed by atoms with Crippen LogP contribution in [0.1, 0.15) is 0 Å². The Bertz CT molecular complexity index is 582. The van der Waals surface area contributed by atoms with Gasteiger partial charge in [0.15, 0.2) is 0 Å². The van der Waals surface area contributed by atoms with E-state index in [9.17, 15) is 0 Å². The van der Waals surface area contributed by atoms with Crippen molar-refractivity contribution < 1.29 is 98.1 Å². The molecule has 0 fully saturated rings. The fourth-order valence-electron chi connectivity index (χ4n) is 1.85. The molecule has 0 spiro atoms. The van der Waals surface area contributed by atoms with Gasteiger partial charge in [-0.3, -0.25) is 11.6 Å². The van der Waals surface area contributed by atoms with Gasteiger partial charge in [-0.1, -0.05) is 0 Å². The zero-order valence-corrected chi connectivity index (χ0v) is 20.0. The van der Waals surface area contributed by atoms with Gasteiger partial charge in [-0.25, -0.2) is 12.1 Å². The van der Waals surface area contributed by atoms with E-state index in [-0.39, 0.29) is 98.1 Å². The van der Waals surface area contributed by atoms with Crippen LogP contribution in [0.25, 0.3) is 22.3 Å². The van der Waals surface area contributed by atoms with Crippen molar-refractivity contribution in [2.75, 3.05) is 0 Å². The van der Waals surface area contributed by atoms with Crippen LogP contribution in [0.2, 0.25) is 0 Å². The van der Waals surface area contributed by atoms with E-state index >= 15 is 0 Å². The van der Waals surface area contributed by atoms with Crippen molar-refractivity contribution in [3.05, 3.63) is 84.9 Å². The van der Waals surface area contributed by atoms with Gasteiger partial charge in [-0.05, 0) is 0 Å². The molecule has 3 radical (unpaired) electrons. The third-order valence-corrected chi connectivity index (χ3v) is 2.74. The monoisotopic (exact) mass is 493 g/mol. The van der Waals surface area contributed by atoms with Gasteiger partial charge in [0.1, 0.15) is 0 Å². The Kier molecular flexibility index (Phi) is 12.0. The van der Waals surface area contributed by atoms with E-state index in [1.807, 2.05) is 54.6 Å². The molecule has 0 heterocycles. The van der Waals surface area contributed by atoms with Crippen LogP contribution in [0.15, 0.2) is 60.7 Å². The van der Waals surface area contributed by atoms with Crippen LogP contribution in [-0.2, 0) is 98.1 Å². The van der Waals surface area contributed by atoms with E-state index in [1.165, 1.54) is 0 Å². The molecule has 3 aromatic carbocycles. The molecule has 0 atom stereocenters. The first-order chi connectivity index (χ1) is 8.93. The molecule has 0 saturated heterocycles. The van der Waals surface area contributed by atoms with E-state index in [4.69, 9.17) is 0 Å². The number of benzene rings is 3. The van der Waals surface area contributed by atoms with Crippen molar-refractivity contribution in [2.24, 2.45) is 0 Å². The maximum atomic E-state index is 3.21. The molecule has 3 aromatic rings. The second-order valence-corrected chi connectivity index (χ2v) is 3.96. The first kappa shape index (κ1) is 22.0. The topological polar surface area (TPSA) is 0 Å². The van der Waals surface area contributed by atoms with E-state index in [0.29, 0.717) is 0 Å². The van der Waals surface area contributed by atoms with Gasteiger partial charge in [0.2, 0.25) is 0 Å². The van der Waals surface area contributed by atoms with Crippen molar-refractivity contribution in [2.45, 2.75) is 0 Å². The van der Waals surface area contributed by atoms with Crippen LogP contribution in [-0.4, -0.2) is 0 Å². The molecular weight excluding hydrogens is 483 g/mol. The van der Waals surface area contributed by atoms with Crippen LogP contribution >= 0.6 is 0 Å². The van der Waals surface area contributed by atoms with Gasteiger partial charge >= 0.3 is 0 Å². The van der Waals surface area contributed by atoms with Crippen LogP contribution in [0.5, 0.6) is 0 Å². The summed E-state index contributed by atoms with van der Waals surface area (Å²) < 4.78 is 0. The van der Waals surface area contributed by atoms with E-state index in [2.05, 4.69) is 30.3 Å². The van der Waals surface area contributed by atoms with Gasteiger partial charge in [0.25, 0.3) is 0 Å². The summed E-state index contributed by atoms with van der Waals surface area (Å²) in [6, 6.07) is 32.5. The Morgan fingerprint density at radius 1 is 0.524 bits per heavy atom. The van der Waals surface area contributed by atoms with E-state index in [0.717, 1.165) is 22.3 Å². The molecule has 0 bridgehead atoms. The molecule has 0 amide bonds. The van der Waals surface area contributed by atoms with Crippen LogP contribution in [0.3, 0.4) is 0 Å². The first-order valence-electron chi connectivity index (χ1n) is 5.81. The normalized spacial score (nSPS) is 8.76. The second-order valence-electron chi connectivity index (χ2n) is 3.96. The molecule has 21 heavy (non-hydrogen) atoms. The molecule has 3 heteroatoms. The average molecular weight is 493 g/mol. The molecule has 0 aliphatic rings. The van der Waals surface area contributed by atoms with Crippen molar-refractivity contribution in [3.8, 4) is 22.3 Å². The third kappa shape index (κ3) is 6.17. The minimum atomic E-state index is 0. The molecule has 0 aromatic heterocycles. The average Bonchev–Trinajstić information content (AvgIpc) is 2.49. The largest absolute Gasteiger partial charge is 0.368 e. The summed E-state index contributed by atoms with van der Waals surface area (Å²) in [5.41, 5.74) is 4.15. The first-order valence-corrected chi connectivity index (χ1v) is 5.81. The molecule has 0 saturated carbocycles. The van der Waals surface area contributed by atoms with Crippen molar-refractivity contribution in [1.29, 1.82) is 0 Å². The summed E-state index contributed by atoms with van der Waals surface area (Å²) in [5.74, 6) is 0. The number of rotatable bonds is 2. The minimum absolute atomic E-state index is 0. The predicted octanol–water partition coefficient (Wildman–Crippen LogP) is 4.21. The van der Waals surface area contributed by atoms with Gasteiger partial charge in [0.05, 0.1) is 0 Å². The molecule has 0 nitrogen and oxygen atoms in total. The Hall–Kier alpha value is 0.972. The maximum absolute atomic E-state index is 3.21. The third-order valence-electron chi connectivity index (χ3n) is 2.74. The molecule has 95 valence electrons. The Morgan fingerprint density at radius 2 is 1.00 bits per heavy atom. The van der Waals surface area contributed by atoms with E-state index in [1.54, 1.807) is 0 Å². The van der Waals surface area contributed by atoms with Gasteiger partial charge < -0.3 is 29.3 Å². The van der Waals surface area contributed by atoms with Crippen molar-refractivity contribution in [1.82, 2.24) is 0 Å². The molecule has 3 rings (SSSR count). The maximum Gasteiger partial charge on any atom is 0 e. The Morgan fingerprint density at radius 3 is 1.38 bits per heavy atom. The van der Waals surface area contributed by atoms with E-state index < -0.39 is 0 Å². The second kappa shape index (κ2) is 11.5. The van der Waals surface area contributed by atoms with Crippen LogP contribution in [0.4, 0.5) is 0 Å². The number of hydrogen-bond acceptors (Lipinski definition) is 0. The molecule has 0 aliphatic carbocycles. The summed E-state index contributed by atoms with van der Waals surface area (Å²) in [6.07, 6.45) is 0.